The van der Waals surface area contributed by atoms with E-state index in [0.717, 1.165) is 0 Å². The summed E-state index contributed by atoms with van der Waals surface area (Å²) in [6, 6.07) is 6.61. The van der Waals surface area contributed by atoms with Crippen molar-refractivity contribution in [2.45, 2.75) is 46.7 Å². The van der Waals surface area contributed by atoms with Crippen molar-refractivity contribution in [2.24, 2.45) is 11.8 Å². The van der Waals surface area contributed by atoms with Crippen LogP contribution in [0.4, 0.5) is 0 Å². The van der Waals surface area contributed by atoms with Gasteiger partial charge in [0.2, 0.25) is 11.7 Å². The van der Waals surface area contributed by atoms with Gasteiger partial charge in [-0.2, -0.15) is 5.10 Å². The molecule has 0 radical (unpaired) electrons. The molecule has 0 saturated carbocycles. The van der Waals surface area contributed by atoms with E-state index in [-0.39, 0.29) is 35.8 Å². The number of amides is 2. The number of hydrogen-bond acceptors (Lipinski definition) is 8. The van der Waals surface area contributed by atoms with Crippen LogP contribution < -0.4 is 10.6 Å². The summed E-state index contributed by atoms with van der Waals surface area (Å²) in [5.74, 6) is -3.32. The first-order valence-electron chi connectivity index (χ1n) is 12.1. The molecule has 0 aliphatic rings. The lowest BCUT2D eigenvalue weighted by Gasteiger charge is -2.19. The second kappa shape index (κ2) is 12.2. The van der Waals surface area contributed by atoms with Crippen molar-refractivity contribution < 1.29 is 33.4 Å². The van der Waals surface area contributed by atoms with Crippen molar-refractivity contribution >= 4 is 23.8 Å². The fraction of sp³-hybridized carbons (Fsp3) is 0.385. The van der Waals surface area contributed by atoms with Gasteiger partial charge in [0.15, 0.2) is 0 Å². The van der Waals surface area contributed by atoms with Crippen molar-refractivity contribution in [1.29, 1.82) is 0 Å². The summed E-state index contributed by atoms with van der Waals surface area (Å²) in [6.45, 7) is 8.88. The molecule has 2 heterocycles. The number of carbonyl (C=O) groups excluding carboxylic acids is 3. The van der Waals surface area contributed by atoms with Crippen LogP contribution in [0.5, 0.6) is 0 Å². The zero-order valence-corrected chi connectivity index (χ0v) is 21.8. The molecule has 12 heteroatoms. The number of aromatic amines is 1. The van der Waals surface area contributed by atoms with E-state index >= 15 is 0 Å². The summed E-state index contributed by atoms with van der Waals surface area (Å²) >= 11 is 0. The molecule has 1 aromatic carbocycles. The van der Waals surface area contributed by atoms with Crippen LogP contribution in [0.3, 0.4) is 0 Å². The molecule has 0 saturated heterocycles. The largest absolute Gasteiger partial charge is 0.480 e. The van der Waals surface area contributed by atoms with Crippen molar-refractivity contribution in [3.63, 3.8) is 0 Å². The number of aromatic nitrogens is 3. The van der Waals surface area contributed by atoms with Crippen LogP contribution in [0.2, 0.25) is 0 Å². The van der Waals surface area contributed by atoms with Gasteiger partial charge in [-0.1, -0.05) is 39.8 Å². The van der Waals surface area contributed by atoms with Crippen LogP contribution >= 0.6 is 0 Å². The van der Waals surface area contributed by atoms with Crippen LogP contribution in [-0.2, 0) is 14.3 Å². The molecule has 2 amide bonds. The van der Waals surface area contributed by atoms with E-state index in [0.29, 0.717) is 16.8 Å². The molecule has 38 heavy (non-hydrogen) atoms. The predicted octanol–water partition coefficient (Wildman–Crippen LogP) is 2.89. The third-order valence-electron chi connectivity index (χ3n) is 5.67. The fourth-order valence-electron chi connectivity index (χ4n) is 3.58. The van der Waals surface area contributed by atoms with Gasteiger partial charge in [-0.05, 0) is 37.0 Å². The number of rotatable bonds is 11. The first-order chi connectivity index (χ1) is 18.0. The number of ether oxygens (including phenoxy) is 1. The highest BCUT2D eigenvalue weighted by molar-refractivity contribution is 5.96. The van der Waals surface area contributed by atoms with Gasteiger partial charge < -0.3 is 24.9 Å². The average Bonchev–Trinajstić information content (AvgIpc) is 3.56. The highest BCUT2D eigenvalue weighted by atomic mass is 16.5. The lowest BCUT2D eigenvalue weighted by atomic mass is 10.0. The Morgan fingerprint density at radius 1 is 1.00 bits per heavy atom. The smallest absolute Gasteiger partial charge is 0.328 e. The third kappa shape index (κ3) is 6.64. The maximum Gasteiger partial charge on any atom is 0.328 e. The number of carboxylic acids is 1. The maximum absolute atomic E-state index is 12.7. The van der Waals surface area contributed by atoms with Crippen LogP contribution in [0.25, 0.3) is 22.7 Å². The molecule has 0 fully saturated rings. The number of hydrogen-bond donors (Lipinski definition) is 4. The molecule has 0 aliphatic heterocycles. The Morgan fingerprint density at radius 2 is 1.66 bits per heavy atom. The van der Waals surface area contributed by atoms with Gasteiger partial charge in [-0.3, -0.25) is 14.7 Å². The van der Waals surface area contributed by atoms with Gasteiger partial charge >= 0.3 is 11.9 Å². The molecule has 12 nitrogen and oxygen atoms in total. The van der Waals surface area contributed by atoms with Gasteiger partial charge in [0.25, 0.3) is 11.8 Å². The minimum Gasteiger partial charge on any atom is -0.480 e. The fourth-order valence-corrected chi connectivity index (χ4v) is 3.58. The SMILES string of the molecule is CCOC(=O)[C@@H](NC(=O)c1cc(-c2cccc(-c3ncc(C(=O)N[C@H](C(=O)O)C(C)C)o3)c2)n[nH]1)C(C)C. The zero-order chi connectivity index (χ0) is 28.0. The topological polar surface area (TPSA) is 177 Å². The molecule has 0 spiro atoms. The molecule has 2 atom stereocenters. The van der Waals surface area contributed by atoms with Crippen LogP contribution in [0.1, 0.15) is 55.7 Å². The second-order valence-electron chi connectivity index (χ2n) is 9.26. The summed E-state index contributed by atoms with van der Waals surface area (Å²) in [5, 5.41) is 21.3. The lowest BCUT2D eigenvalue weighted by Crippen LogP contribution is -2.45. The van der Waals surface area contributed by atoms with Crippen molar-refractivity contribution in [3.8, 4) is 22.7 Å². The molecular weight excluding hydrogens is 494 g/mol. The number of carbonyl (C=O) groups is 4. The summed E-state index contributed by atoms with van der Waals surface area (Å²) in [5.41, 5.74) is 1.79. The average molecular weight is 526 g/mol. The Labute approximate surface area is 219 Å². The Hall–Kier alpha value is -4.48. The van der Waals surface area contributed by atoms with E-state index in [9.17, 15) is 24.3 Å². The number of H-pyrrole nitrogens is 1. The summed E-state index contributed by atoms with van der Waals surface area (Å²) < 4.78 is 10.6. The molecule has 202 valence electrons. The minimum absolute atomic E-state index is 0.127. The van der Waals surface area contributed by atoms with Gasteiger partial charge in [0.1, 0.15) is 17.8 Å². The molecule has 2 aromatic heterocycles. The molecule has 4 N–H and O–H groups in total. The van der Waals surface area contributed by atoms with Gasteiger partial charge in [0, 0.05) is 11.1 Å². The first-order valence-corrected chi connectivity index (χ1v) is 12.1. The van der Waals surface area contributed by atoms with Crippen molar-refractivity contribution in [2.75, 3.05) is 6.61 Å². The van der Waals surface area contributed by atoms with Gasteiger partial charge in [-0.25, -0.2) is 14.6 Å². The van der Waals surface area contributed by atoms with E-state index in [2.05, 4.69) is 25.8 Å². The number of oxazole rings is 1. The molecule has 0 aliphatic carbocycles. The normalized spacial score (nSPS) is 12.7. The molecule has 0 unspecified atom stereocenters. The van der Waals surface area contributed by atoms with Crippen LogP contribution in [0, 0.1) is 11.8 Å². The Morgan fingerprint density at radius 3 is 2.29 bits per heavy atom. The maximum atomic E-state index is 12.7. The third-order valence-corrected chi connectivity index (χ3v) is 5.67. The van der Waals surface area contributed by atoms with E-state index in [4.69, 9.17) is 9.15 Å². The number of aliphatic carboxylic acids is 1. The second-order valence-corrected chi connectivity index (χ2v) is 9.26. The lowest BCUT2D eigenvalue weighted by molar-refractivity contribution is -0.146. The highest BCUT2D eigenvalue weighted by Gasteiger charge is 2.27. The van der Waals surface area contributed by atoms with E-state index < -0.39 is 35.8 Å². The standard InChI is InChI=1S/C26H31N5O7/c1-6-37-26(36)21(14(4)5)29-22(32)18-11-17(30-31-18)15-8-7-9-16(10-15)24-27-12-19(38-24)23(33)28-20(13(2)3)25(34)35/h7-14,20-21H,6H2,1-5H3,(H,28,33)(H,29,32)(H,30,31)(H,34,35)/t20-,21-/m0/s1. The number of nitrogens with zero attached hydrogens (tertiary/aromatic N) is 2. The van der Waals surface area contributed by atoms with Gasteiger partial charge in [0.05, 0.1) is 18.5 Å². The van der Waals surface area contributed by atoms with E-state index in [1.807, 2.05) is 0 Å². The minimum atomic E-state index is -1.14. The Kier molecular flexibility index (Phi) is 9.00. The zero-order valence-electron chi connectivity index (χ0n) is 21.8. The number of carboxylic acid groups (broad SMARTS) is 1. The molecular formula is C26H31N5O7. The summed E-state index contributed by atoms with van der Waals surface area (Å²) in [7, 11) is 0. The highest BCUT2D eigenvalue weighted by Crippen LogP contribution is 2.26. The number of nitrogens with one attached hydrogen (secondary N) is 3. The summed E-state index contributed by atoms with van der Waals surface area (Å²) in [6.07, 6.45) is 1.22. The van der Waals surface area contributed by atoms with Crippen LogP contribution in [-0.4, -0.2) is 62.7 Å². The summed E-state index contributed by atoms with van der Waals surface area (Å²) in [4.78, 5) is 52.9. The van der Waals surface area contributed by atoms with E-state index in [1.165, 1.54) is 6.20 Å². The number of benzene rings is 1. The first kappa shape index (κ1) is 28.1. The molecule has 3 aromatic rings. The Balaban J connectivity index is 1.76. The predicted molar refractivity (Wildman–Crippen MR) is 136 cm³/mol. The van der Waals surface area contributed by atoms with Gasteiger partial charge in [-0.15, -0.1) is 0 Å². The monoisotopic (exact) mass is 525 g/mol. The quantitative estimate of drug-likeness (QED) is 0.274. The van der Waals surface area contributed by atoms with E-state index in [1.54, 1.807) is 65.0 Å². The molecule has 0 bridgehead atoms. The van der Waals surface area contributed by atoms with Crippen LogP contribution in [0.15, 0.2) is 40.9 Å². The Bertz CT molecular complexity index is 1310. The number of esters is 1. The van der Waals surface area contributed by atoms with Crippen molar-refractivity contribution in [3.05, 3.63) is 48.0 Å². The van der Waals surface area contributed by atoms with Crippen molar-refractivity contribution in [1.82, 2.24) is 25.8 Å². The molecule has 3 rings (SSSR count).